The van der Waals surface area contributed by atoms with Crippen molar-refractivity contribution in [1.29, 1.82) is 0 Å². The molecule has 3 heteroatoms. The Bertz CT molecular complexity index is 401. The molecule has 0 amide bonds. The molecule has 0 spiro atoms. The number of hydrogen-bond acceptors (Lipinski definition) is 2. The Hall–Kier alpha value is -1.09. The van der Waals surface area contributed by atoms with E-state index in [9.17, 15) is 9.50 Å². The SMILES string of the molecule is Cc1ccc(OC2CC(O)C2(C)C)cc1F. The van der Waals surface area contributed by atoms with E-state index in [0.717, 1.165) is 0 Å². The molecule has 2 atom stereocenters. The first-order valence-electron chi connectivity index (χ1n) is 5.52. The molecule has 0 heterocycles. The molecule has 0 aromatic heterocycles. The van der Waals surface area contributed by atoms with Crippen molar-refractivity contribution >= 4 is 0 Å². The molecule has 88 valence electrons. The monoisotopic (exact) mass is 224 g/mol. The Morgan fingerprint density at radius 1 is 1.44 bits per heavy atom. The lowest BCUT2D eigenvalue weighted by atomic mass is 9.66. The molecular weight excluding hydrogens is 207 g/mol. The van der Waals surface area contributed by atoms with Gasteiger partial charge in [-0.05, 0) is 18.6 Å². The lowest BCUT2D eigenvalue weighted by Crippen LogP contribution is -2.56. The maximum absolute atomic E-state index is 13.3. The van der Waals surface area contributed by atoms with Gasteiger partial charge in [-0.2, -0.15) is 0 Å². The van der Waals surface area contributed by atoms with E-state index in [0.29, 0.717) is 17.7 Å². The highest BCUT2D eigenvalue weighted by atomic mass is 19.1. The van der Waals surface area contributed by atoms with Crippen LogP contribution >= 0.6 is 0 Å². The van der Waals surface area contributed by atoms with E-state index in [4.69, 9.17) is 4.74 Å². The summed E-state index contributed by atoms with van der Waals surface area (Å²) in [5.41, 5.74) is 0.363. The summed E-state index contributed by atoms with van der Waals surface area (Å²) in [7, 11) is 0. The lowest BCUT2D eigenvalue weighted by molar-refractivity contribution is -0.134. The highest BCUT2D eigenvalue weighted by Crippen LogP contribution is 2.42. The molecular formula is C13H17FO2. The molecule has 1 saturated carbocycles. The summed E-state index contributed by atoms with van der Waals surface area (Å²) in [5, 5.41) is 9.57. The van der Waals surface area contributed by atoms with Crippen LogP contribution in [0.3, 0.4) is 0 Å². The van der Waals surface area contributed by atoms with Crippen molar-refractivity contribution in [3.63, 3.8) is 0 Å². The molecule has 0 radical (unpaired) electrons. The molecule has 16 heavy (non-hydrogen) atoms. The van der Waals surface area contributed by atoms with Crippen molar-refractivity contribution in [1.82, 2.24) is 0 Å². The summed E-state index contributed by atoms with van der Waals surface area (Å²) in [4.78, 5) is 0. The number of aliphatic hydroxyl groups is 1. The Kier molecular flexibility index (Phi) is 2.66. The highest BCUT2D eigenvalue weighted by molar-refractivity contribution is 5.28. The van der Waals surface area contributed by atoms with E-state index >= 15 is 0 Å². The molecule has 0 bridgehead atoms. The fourth-order valence-corrected chi connectivity index (χ4v) is 1.88. The molecule has 1 aliphatic rings. The normalized spacial score (nSPS) is 27.3. The number of benzene rings is 1. The van der Waals surface area contributed by atoms with Gasteiger partial charge in [-0.3, -0.25) is 0 Å². The van der Waals surface area contributed by atoms with Crippen molar-refractivity contribution in [3.05, 3.63) is 29.6 Å². The molecule has 2 rings (SSSR count). The molecule has 2 nitrogen and oxygen atoms in total. The third kappa shape index (κ3) is 1.80. The second kappa shape index (κ2) is 3.74. The van der Waals surface area contributed by atoms with Crippen LogP contribution in [0, 0.1) is 18.2 Å². The second-order valence-corrected chi connectivity index (χ2v) is 5.09. The zero-order valence-corrected chi connectivity index (χ0v) is 9.83. The number of ether oxygens (including phenoxy) is 1. The number of aliphatic hydroxyl groups excluding tert-OH is 1. The number of halogens is 1. The number of aryl methyl sites for hydroxylation is 1. The summed E-state index contributed by atoms with van der Waals surface area (Å²) in [5.74, 6) is 0.281. The van der Waals surface area contributed by atoms with Gasteiger partial charge in [0.05, 0.1) is 6.10 Å². The van der Waals surface area contributed by atoms with E-state index in [2.05, 4.69) is 0 Å². The molecule has 0 saturated heterocycles. The van der Waals surface area contributed by atoms with Gasteiger partial charge in [-0.25, -0.2) is 4.39 Å². The van der Waals surface area contributed by atoms with Crippen LogP contribution in [0.1, 0.15) is 25.8 Å². The first kappa shape index (κ1) is 11.4. The van der Waals surface area contributed by atoms with Crippen molar-refractivity contribution in [2.75, 3.05) is 0 Å². The standard InChI is InChI=1S/C13H17FO2/c1-8-4-5-9(6-10(8)14)16-12-7-11(15)13(12,2)3/h4-6,11-12,15H,7H2,1-3H3. The number of hydrogen-bond donors (Lipinski definition) is 1. The molecule has 2 unspecified atom stereocenters. The van der Waals surface area contributed by atoms with E-state index in [1.807, 2.05) is 13.8 Å². The predicted molar refractivity (Wildman–Crippen MR) is 60.0 cm³/mol. The maximum Gasteiger partial charge on any atom is 0.129 e. The van der Waals surface area contributed by atoms with Crippen LogP contribution in [0.5, 0.6) is 5.75 Å². The average Bonchev–Trinajstić information content (AvgIpc) is 2.23. The summed E-state index contributed by atoms with van der Waals surface area (Å²) in [6.45, 7) is 5.63. The second-order valence-electron chi connectivity index (χ2n) is 5.09. The minimum absolute atomic E-state index is 0.0374. The van der Waals surface area contributed by atoms with Gasteiger partial charge in [0.15, 0.2) is 0 Å². The van der Waals surface area contributed by atoms with Gasteiger partial charge in [-0.1, -0.05) is 19.9 Å². The highest BCUT2D eigenvalue weighted by Gasteiger charge is 2.49. The van der Waals surface area contributed by atoms with Gasteiger partial charge in [0.1, 0.15) is 17.7 Å². The van der Waals surface area contributed by atoms with Crippen molar-refractivity contribution in [2.45, 2.75) is 39.4 Å². The van der Waals surface area contributed by atoms with Crippen LogP contribution in [0.15, 0.2) is 18.2 Å². The minimum Gasteiger partial charge on any atom is -0.490 e. The number of rotatable bonds is 2. The smallest absolute Gasteiger partial charge is 0.129 e. The predicted octanol–water partition coefficient (Wildman–Crippen LogP) is 2.67. The Morgan fingerprint density at radius 3 is 2.62 bits per heavy atom. The topological polar surface area (TPSA) is 29.5 Å². The van der Waals surface area contributed by atoms with Gasteiger partial charge < -0.3 is 9.84 Å². The molecule has 1 aliphatic carbocycles. The van der Waals surface area contributed by atoms with Crippen LogP contribution in [0.25, 0.3) is 0 Å². The average molecular weight is 224 g/mol. The molecule has 1 aromatic rings. The van der Waals surface area contributed by atoms with Crippen molar-refractivity contribution in [2.24, 2.45) is 5.41 Å². The van der Waals surface area contributed by atoms with Crippen LogP contribution < -0.4 is 4.74 Å². The Labute approximate surface area is 95.1 Å². The largest absolute Gasteiger partial charge is 0.490 e. The summed E-state index contributed by atoms with van der Waals surface area (Å²) in [6.07, 6.45) is 0.250. The van der Waals surface area contributed by atoms with E-state index < -0.39 is 0 Å². The van der Waals surface area contributed by atoms with E-state index in [-0.39, 0.29) is 23.4 Å². The summed E-state index contributed by atoms with van der Waals surface area (Å²) >= 11 is 0. The minimum atomic E-state index is -0.326. The van der Waals surface area contributed by atoms with E-state index in [1.165, 1.54) is 6.07 Å². The first-order chi connectivity index (χ1) is 7.41. The molecule has 1 N–H and O–H groups in total. The lowest BCUT2D eigenvalue weighted by Gasteiger charge is -2.48. The molecule has 0 aliphatic heterocycles. The third-order valence-electron chi connectivity index (χ3n) is 3.55. The van der Waals surface area contributed by atoms with Crippen molar-refractivity contribution in [3.8, 4) is 5.75 Å². The van der Waals surface area contributed by atoms with Gasteiger partial charge in [0, 0.05) is 17.9 Å². The molecule has 1 aromatic carbocycles. The third-order valence-corrected chi connectivity index (χ3v) is 3.55. The maximum atomic E-state index is 13.3. The summed E-state index contributed by atoms with van der Waals surface area (Å²) < 4.78 is 19.0. The van der Waals surface area contributed by atoms with Gasteiger partial charge in [0.25, 0.3) is 0 Å². The van der Waals surface area contributed by atoms with Crippen molar-refractivity contribution < 1.29 is 14.2 Å². The fourth-order valence-electron chi connectivity index (χ4n) is 1.88. The zero-order chi connectivity index (χ0) is 11.9. The van der Waals surface area contributed by atoms with Crippen LogP contribution in [0.2, 0.25) is 0 Å². The van der Waals surface area contributed by atoms with E-state index in [1.54, 1.807) is 19.1 Å². The van der Waals surface area contributed by atoms with Gasteiger partial charge in [-0.15, -0.1) is 0 Å². The zero-order valence-electron chi connectivity index (χ0n) is 9.83. The van der Waals surface area contributed by atoms with Crippen LogP contribution in [0.4, 0.5) is 4.39 Å². The Morgan fingerprint density at radius 2 is 2.12 bits per heavy atom. The molecule has 1 fully saturated rings. The van der Waals surface area contributed by atoms with Crippen LogP contribution in [-0.4, -0.2) is 17.3 Å². The van der Waals surface area contributed by atoms with Gasteiger partial charge in [0.2, 0.25) is 0 Å². The summed E-state index contributed by atoms with van der Waals surface area (Å²) in [6, 6.07) is 4.86. The Balaban J connectivity index is 2.08. The quantitative estimate of drug-likeness (QED) is 0.836. The fraction of sp³-hybridized carbons (Fsp3) is 0.538. The first-order valence-corrected chi connectivity index (χ1v) is 5.52. The van der Waals surface area contributed by atoms with Gasteiger partial charge >= 0.3 is 0 Å². The van der Waals surface area contributed by atoms with Crippen LogP contribution in [-0.2, 0) is 0 Å².